The number of nitrogens with one attached hydrogen (secondary N) is 3. The van der Waals surface area contributed by atoms with Crippen LogP contribution < -0.4 is 5.32 Å². The largest absolute Gasteiger partial charge is 0.373 e. The van der Waals surface area contributed by atoms with E-state index in [1.807, 2.05) is 60.7 Å². The molecule has 4 N–H and O–H groups in total. The fraction of sp³-hybridized carbons (Fsp3) is 0.0667. The number of anilines is 1. The Morgan fingerprint density at radius 1 is 0.850 bits per heavy atom. The van der Waals surface area contributed by atoms with Gasteiger partial charge in [-0.3, -0.25) is 20.1 Å². The minimum atomic E-state index is -0.755. The molecule has 0 radical (unpaired) electrons. The first-order valence-corrected chi connectivity index (χ1v) is 12.7. The Kier molecular flexibility index (Phi) is 5.91. The van der Waals surface area contributed by atoms with E-state index >= 15 is 0 Å². The van der Waals surface area contributed by atoms with Crippen molar-refractivity contribution in [2.75, 3.05) is 5.32 Å². The molecule has 10 heteroatoms. The Morgan fingerprint density at radius 3 is 2.60 bits per heavy atom. The quantitative estimate of drug-likeness (QED) is 0.213. The Hall–Kier alpha value is -5.48. The Bertz CT molecular complexity index is 1930. The predicted octanol–water partition coefficient (Wildman–Crippen LogP) is 4.99. The lowest BCUT2D eigenvalue weighted by atomic mass is 10.1. The highest BCUT2D eigenvalue weighted by atomic mass is 16.3. The van der Waals surface area contributed by atoms with Gasteiger partial charge in [-0.1, -0.05) is 30.3 Å². The number of H-pyrrole nitrogens is 2. The number of pyridine rings is 4. The van der Waals surface area contributed by atoms with E-state index < -0.39 is 6.23 Å². The van der Waals surface area contributed by atoms with Crippen molar-refractivity contribution in [1.29, 1.82) is 0 Å². The van der Waals surface area contributed by atoms with E-state index in [2.05, 4.69) is 40.4 Å². The van der Waals surface area contributed by atoms with Gasteiger partial charge in [-0.2, -0.15) is 5.10 Å². The number of imidazole rings is 1. The van der Waals surface area contributed by atoms with Gasteiger partial charge in [0.25, 0.3) is 0 Å². The molecule has 0 fully saturated rings. The fourth-order valence-electron chi connectivity index (χ4n) is 4.79. The van der Waals surface area contributed by atoms with Crippen molar-refractivity contribution in [1.82, 2.24) is 40.1 Å². The summed E-state index contributed by atoms with van der Waals surface area (Å²) in [6, 6.07) is 19.6. The Morgan fingerprint density at radius 2 is 1.73 bits per heavy atom. The van der Waals surface area contributed by atoms with Crippen molar-refractivity contribution in [3.63, 3.8) is 0 Å². The summed E-state index contributed by atoms with van der Waals surface area (Å²) in [5.41, 5.74) is 8.14. The summed E-state index contributed by atoms with van der Waals surface area (Å²) < 4.78 is 0. The molecule has 6 aromatic heterocycles. The number of rotatable bonds is 7. The van der Waals surface area contributed by atoms with Crippen molar-refractivity contribution in [3.05, 3.63) is 103 Å². The highest BCUT2D eigenvalue weighted by molar-refractivity contribution is 5.96. The van der Waals surface area contributed by atoms with Crippen LogP contribution >= 0.6 is 0 Å². The molecular weight excluding hydrogens is 502 g/mol. The van der Waals surface area contributed by atoms with Crippen LogP contribution in [0.1, 0.15) is 5.56 Å². The van der Waals surface area contributed by atoms with E-state index in [0.717, 1.165) is 44.4 Å². The number of aliphatic hydroxyl groups is 1. The summed E-state index contributed by atoms with van der Waals surface area (Å²) in [5.74, 6) is 0.602. The molecule has 1 aromatic carbocycles. The van der Waals surface area contributed by atoms with Gasteiger partial charge in [-0.25, -0.2) is 9.97 Å². The fourth-order valence-corrected chi connectivity index (χ4v) is 4.79. The summed E-state index contributed by atoms with van der Waals surface area (Å²) in [4.78, 5) is 25.7. The topological polar surface area (TPSA) is 141 Å². The van der Waals surface area contributed by atoms with Crippen molar-refractivity contribution < 1.29 is 5.11 Å². The molecule has 7 aromatic rings. The summed E-state index contributed by atoms with van der Waals surface area (Å²) in [6.45, 7) is 0. The molecule has 0 saturated heterocycles. The van der Waals surface area contributed by atoms with Gasteiger partial charge in [-0.05, 0) is 41.5 Å². The molecule has 0 saturated carbocycles. The minimum Gasteiger partial charge on any atom is -0.373 e. The molecule has 40 heavy (non-hydrogen) atoms. The van der Waals surface area contributed by atoms with E-state index in [4.69, 9.17) is 4.98 Å². The first-order chi connectivity index (χ1) is 19.7. The maximum Gasteiger partial charge on any atom is 0.178 e. The summed E-state index contributed by atoms with van der Waals surface area (Å²) in [5, 5.41) is 22.1. The van der Waals surface area contributed by atoms with Crippen LogP contribution in [0.3, 0.4) is 0 Å². The zero-order valence-corrected chi connectivity index (χ0v) is 21.2. The summed E-state index contributed by atoms with van der Waals surface area (Å²) >= 11 is 0. The number of aromatic amines is 2. The minimum absolute atomic E-state index is 0.475. The number of benzene rings is 1. The smallest absolute Gasteiger partial charge is 0.178 e. The maximum atomic E-state index is 10.6. The van der Waals surface area contributed by atoms with Crippen LogP contribution in [0.5, 0.6) is 0 Å². The van der Waals surface area contributed by atoms with Gasteiger partial charge < -0.3 is 15.4 Å². The second kappa shape index (κ2) is 10.0. The van der Waals surface area contributed by atoms with Crippen molar-refractivity contribution in [3.8, 4) is 33.9 Å². The van der Waals surface area contributed by atoms with Crippen LogP contribution in [-0.4, -0.2) is 51.4 Å². The van der Waals surface area contributed by atoms with Gasteiger partial charge >= 0.3 is 0 Å². The molecule has 0 aliphatic carbocycles. The summed E-state index contributed by atoms with van der Waals surface area (Å²) in [6.07, 6.45) is 10.2. The number of fused-ring (bicyclic) bond motifs is 2. The Labute approximate surface area is 228 Å². The molecule has 0 aliphatic heterocycles. The molecule has 6 heterocycles. The van der Waals surface area contributed by atoms with Crippen LogP contribution in [0.4, 0.5) is 5.69 Å². The lowest BCUT2D eigenvalue weighted by molar-refractivity contribution is 0.204. The second-order valence-corrected chi connectivity index (χ2v) is 9.38. The number of aromatic nitrogens is 8. The highest BCUT2D eigenvalue weighted by Crippen LogP contribution is 2.32. The van der Waals surface area contributed by atoms with Gasteiger partial charge in [0, 0.05) is 47.7 Å². The van der Waals surface area contributed by atoms with E-state index in [1.54, 1.807) is 37.2 Å². The zero-order chi connectivity index (χ0) is 26.9. The maximum absolute atomic E-state index is 10.6. The molecule has 0 spiro atoms. The van der Waals surface area contributed by atoms with Crippen molar-refractivity contribution in [2.24, 2.45) is 0 Å². The number of aliphatic hydroxyl groups excluding tert-OH is 1. The van der Waals surface area contributed by atoms with Gasteiger partial charge in [0.15, 0.2) is 11.5 Å². The molecule has 10 nitrogen and oxygen atoms in total. The number of nitrogens with zero attached hydrogens (tertiary/aromatic N) is 6. The molecule has 0 aliphatic rings. The van der Waals surface area contributed by atoms with E-state index in [-0.39, 0.29) is 0 Å². The van der Waals surface area contributed by atoms with Crippen LogP contribution in [0.2, 0.25) is 0 Å². The second-order valence-electron chi connectivity index (χ2n) is 9.38. The third-order valence-corrected chi connectivity index (χ3v) is 6.69. The molecule has 0 amide bonds. The molecule has 7 rings (SSSR count). The third kappa shape index (κ3) is 4.52. The summed E-state index contributed by atoms with van der Waals surface area (Å²) in [7, 11) is 0. The van der Waals surface area contributed by atoms with Gasteiger partial charge in [0.05, 0.1) is 34.8 Å². The van der Waals surface area contributed by atoms with Gasteiger partial charge in [0.2, 0.25) is 0 Å². The molecule has 194 valence electrons. The van der Waals surface area contributed by atoms with E-state index in [0.29, 0.717) is 29.3 Å². The lowest BCUT2D eigenvalue weighted by Gasteiger charge is -2.14. The SMILES string of the molecule is OC(Cc1ccccc1)Nc1cncc(-c2cc3c(-c4nc5nccc(-c6ccncc6)c5[nH]4)n[nH]c3cn2)c1. The molecular formula is C30H23N9O. The van der Waals surface area contributed by atoms with Crippen LogP contribution in [0.25, 0.3) is 56.0 Å². The van der Waals surface area contributed by atoms with Crippen LogP contribution in [0.15, 0.2) is 97.8 Å². The van der Waals surface area contributed by atoms with Crippen molar-refractivity contribution >= 4 is 27.8 Å². The zero-order valence-electron chi connectivity index (χ0n) is 21.2. The standard InChI is InChI=1S/C30H23N9O/c40-26(12-18-4-2-1-3-5-18)35-21-13-20(15-32-16-21)24-14-23-25(17-34-24)38-39-28(23)30-36-27-22(8-11-33-29(27)37-30)19-6-9-31-10-7-19/h1-11,13-17,26,35,40H,12H2,(H,38,39)(H,33,36,37). The molecule has 0 bridgehead atoms. The average molecular weight is 526 g/mol. The van der Waals surface area contributed by atoms with E-state index in [9.17, 15) is 5.11 Å². The highest BCUT2D eigenvalue weighted by Gasteiger charge is 2.17. The number of hydrogen-bond acceptors (Lipinski definition) is 8. The normalized spacial score (nSPS) is 12.1. The van der Waals surface area contributed by atoms with Gasteiger partial charge in [0.1, 0.15) is 11.9 Å². The van der Waals surface area contributed by atoms with Crippen molar-refractivity contribution in [2.45, 2.75) is 12.6 Å². The van der Waals surface area contributed by atoms with Gasteiger partial charge in [-0.15, -0.1) is 0 Å². The predicted molar refractivity (Wildman–Crippen MR) is 153 cm³/mol. The van der Waals surface area contributed by atoms with E-state index in [1.165, 1.54) is 0 Å². The monoisotopic (exact) mass is 525 g/mol. The molecule has 1 atom stereocenters. The third-order valence-electron chi connectivity index (χ3n) is 6.69. The van der Waals surface area contributed by atoms with Crippen LogP contribution in [0, 0.1) is 0 Å². The Balaban J connectivity index is 1.21. The lowest BCUT2D eigenvalue weighted by Crippen LogP contribution is -2.21. The number of hydrogen-bond donors (Lipinski definition) is 4. The molecule has 1 unspecified atom stereocenters. The first-order valence-electron chi connectivity index (χ1n) is 12.7. The first kappa shape index (κ1) is 23.6. The van der Waals surface area contributed by atoms with Crippen LogP contribution in [-0.2, 0) is 6.42 Å². The average Bonchev–Trinajstić information content (AvgIpc) is 3.62.